The molecule has 0 aliphatic heterocycles. The summed E-state index contributed by atoms with van der Waals surface area (Å²) in [5.74, 6) is 0.782. The third kappa shape index (κ3) is 7.11. The molecule has 0 atom stereocenters. The smallest absolute Gasteiger partial charge is 0.306 e. The minimum absolute atomic E-state index is 0.138. The zero-order valence-corrected chi connectivity index (χ0v) is 17.7. The van der Waals surface area contributed by atoms with Gasteiger partial charge in [-0.25, -0.2) is 0 Å². The number of aryl methyl sites for hydroxylation is 2. The van der Waals surface area contributed by atoms with Crippen LogP contribution in [0.4, 0.5) is 0 Å². The van der Waals surface area contributed by atoms with E-state index in [1.165, 1.54) is 16.7 Å². The SMILES string of the molecule is CCOC(=O)CCc1[nH]ccc1CCCCOc1ccc(Cc2ccccc2)cc1. The lowest BCUT2D eigenvalue weighted by atomic mass is 10.1. The number of esters is 1. The maximum absolute atomic E-state index is 11.5. The average molecular weight is 406 g/mol. The number of unbranched alkanes of at least 4 members (excludes halogenated alkanes) is 1. The molecular weight excluding hydrogens is 374 g/mol. The second kappa shape index (κ2) is 11.9. The van der Waals surface area contributed by atoms with Crippen molar-refractivity contribution < 1.29 is 14.3 Å². The molecule has 0 bridgehead atoms. The van der Waals surface area contributed by atoms with Gasteiger partial charge in [0.25, 0.3) is 0 Å². The number of nitrogens with one attached hydrogen (secondary N) is 1. The van der Waals surface area contributed by atoms with E-state index in [9.17, 15) is 4.79 Å². The second-order valence-corrected chi connectivity index (χ2v) is 7.40. The number of aromatic nitrogens is 1. The fourth-order valence-electron chi connectivity index (χ4n) is 3.51. The highest BCUT2D eigenvalue weighted by Crippen LogP contribution is 2.17. The number of carbonyl (C=O) groups excluding carboxylic acids is 1. The van der Waals surface area contributed by atoms with Crippen LogP contribution in [0.3, 0.4) is 0 Å². The Bertz CT molecular complexity index is 884. The van der Waals surface area contributed by atoms with E-state index in [4.69, 9.17) is 9.47 Å². The van der Waals surface area contributed by atoms with Crippen molar-refractivity contribution in [2.24, 2.45) is 0 Å². The Morgan fingerprint density at radius 2 is 1.67 bits per heavy atom. The average Bonchev–Trinajstić information content (AvgIpc) is 3.21. The first kappa shape index (κ1) is 21.7. The third-order valence-electron chi connectivity index (χ3n) is 5.10. The van der Waals surface area contributed by atoms with Crippen LogP contribution in [0.15, 0.2) is 66.9 Å². The highest BCUT2D eigenvalue weighted by molar-refractivity contribution is 5.69. The van der Waals surface area contributed by atoms with Crippen LogP contribution in [0.2, 0.25) is 0 Å². The number of hydrogen-bond donors (Lipinski definition) is 1. The van der Waals surface area contributed by atoms with E-state index in [2.05, 4.69) is 59.6 Å². The molecule has 158 valence electrons. The Labute approximate surface area is 179 Å². The van der Waals surface area contributed by atoms with Gasteiger partial charge < -0.3 is 14.5 Å². The fraction of sp³-hybridized carbons (Fsp3) is 0.346. The van der Waals surface area contributed by atoms with Gasteiger partial charge in [0, 0.05) is 11.9 Å². The maximum Gasteiger partial charge on any atom is 0.306 e. The molecule has 0 fully saturated rings. The van der Waals surface area contributed by atoms with Gasteiger partial charge in [-0.3, -0.25) is 4.79 Å². The minimum atomic E-state index is -0.138. The van der Waals surface area contributed by atoms with E-state index in [-0.39, 0.29) is 5.97 Å². The molecule has 2 aromatic carbocycles. The predicted octanol–water partition coefficient (Wildman–Crippen LogP) is 5.50. The summed E-state index contributed by atoms with van der Waals surface area (Å²) >= 11 is 0. The van der Waals surface area contributed by atoms with Crippen LogP contribution in [0.25, 0.3) is 0 Å². The van der Waals surface area contributed by atoms with Crippen LogP contribution in [-0.4, -0.2) is 24.2 Å². The van der Waals surface area contributed by atoms with Crippen LogP contribution in [0.5, 0.6) is 5.75 Å². The van der Waals surface area contributed by atoms with Crippen LogP contribution >= 0.6 is 0 Å². The topological polar surface area (TPSA) is 51.3 Å². The minimum Gasteiger partial charge on any atom is -0.494 e. The summed E-state index contributed by atoms with van der Waals surface area (Å²) in [5, 5.41) is 0. The number of benzene rings is 2. The molecule has 1 N–H and O–H groups in total. The first-order chi connectivity index (χ1) is 14.7. The van der Waals surface area contributed by atoms with Crippen molar-refractivity contribution in [1.82, 2.24) is 4.98 Å². The zero-order valence-electron chi connectivity index (χ0n) is 17.7. The molecular formula is C26H31NO3. The largest absolute Gasteiger partial charge is 0.494 e. The summed E-state index contributed by atoms with van der Waals surface area (Å²) in [5.41, 5.74) is 5.02. The zero-order chi connectivity index (χ0) is 21.0. The standard InChI is InChI=1S/C26H31NO3/c1-2-29-26(28)16-15-25-23(17-18-27-25)10-6-7-19-30-24-13-11-22(12-14-24)20-21-8-4-3-5-9-21/h3-5,8-9,11-14,17-18,27H,2,6-7,10,15-16,19-20H2,1H3. The molecule has 30 heavy (non-hydrogen) atoms. The van der Waals surface area contributed by atoms with E-state index in [0.717, 1.165) is 37.1 Å². The molecule has 0 saturated carbocycles. The predicted molar refractivity (Wildman–Crippen MR) is 120 cm³/mol. The Morgan fingerprint density at radius 1 is 0.900 bits per heavy atom. The lowest BCUT2D eigenvalue weighted by Crippen LogP contribution is -2.06. The molecule has 3 aromatic rings. The van der Waals surface area contributed by atoms with Crippen molar-refractivity contribution in [1.29, 1.82) is 0 Å². The number of H-pyrrole nitrogens is 1. The summed E-state index contributed by atoms with van der Waals surface area (Å²) in [6.45, 7) is 2.98. The monoisotopic (exact) mass is 405 g/mol. The van der Waals surface area contributed by atoms with Gasteiger partial charge in [-0.15, -0.1) is 0 Å². The van der Waals surface area contributed by atoms with Gasteiger partial charge in [0.1, 0.15) is 5.75 Å². The molecule has 0 unspecified atom stereocenters. The first-order valence-electron chi connectivity index (χ1n) is 10.8. The molecule has 1 heterocycles. The number of aromatic amines is 1. The van der Waals surface area contributed by atoms with Crippen molar-refractivity contribution in [3.63, 3.8) is 0 Å². The van der Waals surface area contributed by atoms with Gasteiger partial charge in [-0.1, -0.05) is 42.5 Å². The first-order valence-corrected chi connectivity index (χ1v) is 10.8. The molecule has 0 saturated heterocycles. The Kier molecular flexibility index (Phi) is 8.58. The van der Waals surface area contributed by atoms with E-state index in [1.807, 2.05) is 19.2 Å². The molecule has 0 aliphatic rings. The Balaban J connectivity index is 1.35. The summed E-state index contributed by atoms with van der Waals surface area (Å²) in [6.07, 6.45) is 7.04. The van der Waals surface area contributed by atoms with Crippen LogP contribution in [-0.2, 0) is 28.8 Å². The quantitative estimate of drug-likeness (QED) is 0.320. The highest BCUT2D eigenvalue weighted by atomic mass is 16.5. The maximum atomic E-state index is 11.5. The normalized spacial score (nSPS) is 10.7. The van der Waals surface area contributed by atoms with Crippen LogP contribution in [0, 0.1) is 0 Å². The fourth-order valence-corrected chi connectivity index (χ4v) is 3.51. The van der Waals surface area contributed by atoms with Gasteiger partial charge in [0.15, 0.2) is 0 Å². The molecule has 0 spiro atoms. The number of carbonyl (C=O) groups is 1. The summed E-state index contributed by atoms with van der Waals surface area (Å²) in [7, 11) is 0. The molecule has 3 rings (SSSR count). The molecule has 4 nitrogen and oxygen atoms in total. The van der Waals surface area contributed by atoms with Crippen molar-refractivity contribution in [3.8, 4) is 5.75 Å². The van der Waals surface area contributed by atoms with E-state index < -0.39 is 0 Å². The van der Waals surface area contributed by atoms with Crippen molar-refractivity contribution in [2.75, 3.05) is 13.2 Å². The number of hydrogen-bond acceptors (Lipinski definition) is 3. The van der Waals surface area contributed by atoms with E-state index in [1.54, 1.807) is 0 Å². The molecule has 0 aliphatic carbocycles. The van der Waals surface area contributed by atoms with Crippen LogP contribution in [0.1, 0.15) is 48.6 Å². The molecule has 0 radical (unpaired) electrons. The molecule has 4 heteroatoms. The van der Waals surface area contributed by atoms with Gasteiger partial charge >= 0.3 is 5.97 Å². The third-order valence-corrected chi connectivity index (χ3v) is 5.10. The number of rotatable bonds is 12. The summed E-state index contributed by atoms with van der Waals surface area (Å²) in [4.78, 5) is 14.8. The molecule has 1 aromatic heterocycles. The van der Waals surface area contributed by atoms with Crippen molar-refractivity contribution in [2.45, 2.75) is 45.4 Å². The van der Waals surface area contributed by atoms with E-state index in [0.29, 0.717) is 26.1 Å². The summed E-state index contributed by atoms with van der Waals surface area (Å²) in [6, 6.07) is 21.0. The lowest BCUT2D eigenvalue weighted by molar-refractivity contribution is -0.143. The Morgan fingerprint density at radius 3 is 2.43 bits per heavy atom. The van der Waals surface area contributed by atoms with Gasteiger partial charge in [-0.2, -0.15) is 0 Å². The molecule has 0 amide bonds. The summed E-state index contributed by atoms with van der Waals surface area (Å²) < 4.78 is 10.9. The number of ether oxygens (including phenoxy) is 2. The Hall–Kier alpha value is -3.01. The van der Waals surface area contributed by atoms with Gasteiger partial charge in [-0.05, 0) is 73.9 Å². The van der Waals surface area contributed by atoms with Gasteiger partial charge in [0.2, 0.25) is 0 Å². The van der Waals surface area contributed by atoms with E-state index >= 15 is 0 Å². The lowest BCUT2D eigenvalue weighted by Gasteiger charge is -2.08. The van der Waals surface area contributed by atoms with Crippen LogP contribution < -0.4 is 4.74 Å². The van der Waals surface area contributed by atoms with Gasteiger partial charge in [0.05, 0.1) is 19.6 Å². The van der Waals surface area contributed by atoms with Crippen molar-refractivity contribution >= 4 is 5.97 Å². The van der Waals surface area contributed by atoms with Crippen molar-refractivity contribution in [3.05, 3.63) is 89.2 Å². The highest BCUT2D eigenvalue weighted by Gasteiger charge is 2.08. The second-order valence-electron chi connectivity index (χ2n) is 7.40.